The van der Waals surface area contributed by atoms with E-state index in [4.69, 9.17) is 9.47 Å². The molecule has 1 N–H and O–H groups in total. The molecule has 1 unspecified atom stereocenters. The molecule has 0 aliphatic carbocycles. The summed E-state index contributed by atoms with van der Waals surface area (Å²) in [5.41, 5.74) is 3.60. The zero-order chi connectivity index (χ0) is 19.4. The van der Waals surface area contributed by atoms with Crippen LogP contribution in [0.25, 0.3) is 10.9 Å². The Morgan fingerprint density at radius 3 is 2.48 bits per heavy atom. The third kappa shape index (κ3) is 4.43. The van der Waals surface area contributed by atoms with Crippen LogP contribution >= 0.6 is 0 Å². The quantitative estimate of drug-likeness (QED) is 0.660. The van der Waals surface area contributed by atoms with Crippen LogP contribution in [-0.2, 0) is 20.1 Å². The average Bonchev–Trinajstić information content (AvgIpc) is 2.97. The predicted octanol–water partition coefficient (Wildman–Crippen LogP) is 3.58. The van der Waals surface area contributed by atoms with Gasteiger partial charge in [-0.2, -0.15) is 0 Å². The second-order valence-corrected chi connectivity index (χ2v) is 6.99. The fourth-order valence-electron chi connectivity index (χ4n) is 3.59. The molecule has 1 atom stereocenters. The summed E-state index contributed by atoms with van der Waals surface area (Å²) in [5.74, 6) is 1.44. The van der Waals surface area contributed by atoms with E-state index in [0.717, 1.165) is 23.6 Å². The van der Waals surface area contributed by atoms with Crippen molar-refractivity contribution in [1.82, 2.24) is 9.47 Å². The van der Waals surface area contributed by atoms with E-state index in [0.29, 0.717) is 13.1 Å². The van der Waals surface area contributed by atoms with E-state index < -0.39 is 6.10 Å². The van der Waals surface area contributed by atoms with Crippen molar-refractivity contribution in [3.05, 3.63) is 59.8 Å². The highest BCUT2D eigenvalue weighted by Gasteiger charge is 2.15. The van der Waals surface area contributed by atoms with Crippen LogP contribution in [0.1, 0.15) is 18.1 Å². The minimum absolute atomic E-state index is 0.403. The first-order valence-corrected chi connectivity index (χ1v) is 9.16. The second kappa shape index (κ2) is 8.46. The number of benzene rings is 2. The molecule has 0 bridgehead atoms. The van der Waals surface area contributed by atoms with Crippen molar-refractivity contribution in [2.45, 2.75) is 26.1 Å². The molecule has 5 heteroatoms. The third-order valence-corrected chi connectivity index (χ3v) is 4.75. The number of aromatic nitrogens is 1. The fourth-order valence-corrected chi connectivity index (χ4v) is 3.59. The average molecular weight is 368 g/mol. The zero-order valence-electron chi connectivity index (χ0n) is 16.5. The molecule has 0 fully saturated rings. The Morgan fingerprint density at radius 1 is 1.04 bits per heavy atom. The monoisotopic (exact) mass is 368 g/mol. The van der Waals surface area contributed by atoms with Crippen molar-refractivity contribution >= 4 is 10.9 Å². The first-order chi connectivity index (χ1) is 13.0. The molecule has 5 nitrogen and oxygen atoms in total. The summed E-state index contributed by atoms with van der Waals surface area (Å²) < 4.78 is 12.9. The largest absolute Gasteiger partial charge is 0.493 e. The summed E-state index contributed by atoms with van der Waals surface area (Å²) in [4.78, 5) is 2.26. The van der Waals surface area contributed by atoms with Gasteiger partial charge in [-0.25, -0.2) is 0 Å². The molecule has 2 aromatic carbocycles. The summed E-state index contributed by atoms with van der Waals surface area (Å²) in [7, 11) is 5.35. The van der Waals surface area contributed by atoms with Crippen LogP contribution in [-0.4, -0.2) is 41.4 Å². The van der Waals surface area contributed by atoms with Crippen LogP contribution in [0.3, 0.4) is 0 Å². The first kappa shape index (κ1) is 19.3. The standard InChI is InChI=1S/C22H28N2O3/c1-16(25)12-24(13-17-9-10-21(26-3)22(11-17)27-4)15-18-14-23(2)20-8-6-5-7-19(18)20/h5-11,14,16,25H,12-13,15H2,1-4H3. The van der Waals surface area contributed by atoms with Crippen LogP contribution in [0.15, 0.2) is 48.7 Å². The maximum atomic E-state index is 9.99. The molecule has 0 saturated carbocycles. The lowest BCUT2D eigenvalue weighted by Gasteiger charge is -2.24. The number of nitrogens with zero attached hydrogens (tertiary/aromatic N) is 2. The van der Waals surface area contributed by atoms with Crippen LogP contribution in [0.2, 0.25) is 0 Å². The van der Waals surface area contributed by atoms with Gasteiger partial charge in [-0.15, -0.1) is 0 Å². The number of hydrogen-bond donors (Lipinski definition) is 1. The summed E-state index contributed by atoms with van der Waals surface area (Å²) in [6.45, 7) is 3.90. The molecule has 144 valence electrons. The number of aliphatic hydroxyl groups excluding tert-OH is 1. The zero-order valence-corrected chi connectivity index (χ0v) is 16.5. The van der Waals surface area contributed by atoms with Crippen LogP contribution < -0.4 is 9.47 Å². The highest BCUT2D eigenvalue weighted by molar-refractivity contribution is 5.83. The van der Waals surface area contributed by atoms with Crippen molar-refractivity contribution in [3.8, 4) is 11.5 Å². The van der Waals surface area contributed by atoms with Crippen molar-refractivity contribution in [2.75, 3.05) is 20.8 Å². The summed E-state index contributed by atoms with van der Waals surface area (Å²) in [6.07, 6.45) is 1.77. The van der Waals surface area contributed by atoms with Crippen molar-refractivity contribution < 1.29 is 14.6 Å². The summed E-state index contributed by atoms with van der Waals surface area (Å²) >= 11 is 0. The Kier molecular flexibility index (Phi) is 6.04. The minimum atomic E-state index is -0.403. The lowest BCUT2D eigenvalue weighted by molar-refractivity contribution is 0.118. The number of aryl methyl sites for hydroxylation is 1. The number of para-hydroxylation sites is 1. The molecule has 0 aliphatic heterocycles. The lowest BCUT2D eigenvalue weighted by atomic mass is 10.1. The van der Waals surface area contributed by atoms with Gasteiger partial charge >= 0.3 is 0 Å². The second-order valence-electron chi connectivity index (χ2n) is 6.99. The fraction of sp³-hybridized carbons (Fsp3) is 0.364. The maximum Gasteiger partial charge on any atom is 0.161 e. The Bertz CT molecular complexity index is 902. The number of ether oxygens (including phenoxy) is 2. The van der Waals surface area contributed by atoms with Gasteiger partial charge in [-0.1, -0.05) is 24.3 Å². The smallest absolute Gasteiger partial charge is 0.161 e. The molecular weight excluding hydrogens is 340 g/mol. The predicted molar refractivity (Wildman–Crippen MR) is 108 cm³/mol. The van der Waals surface area contributed by atoms with E-state index >= 15 is 0 Å². The van der Waals surface area contributed by atoms with E-state index in [1.54, 1.807) is 14.2 Å². The van der Waals surface area contributed by atoms with Crippen molar-refractivity contribution in [2.24, 2.45) is 7.05 Å². The molecule has 0 amide bonds. The SMILES string of the molecule is COc1ccc(CN(Cc2cn(C)c3ccccc23)CC(C)O)cc1OC. The van der Waals surface area contributed by atoms with Gasteiger partial charge in [0.05, 0.1) is 20.3 Å². The lowest BCUT2D eigenvalue weighted by Crippen LogP contribution is -2.30. The molecule has 0 aliphatic rings. The molecular formula is C22H28N2O3. The highest BCUT2D eigenvalue weighted by atomic mass is 16.5. The van der Waals surface area contributed by atoms with E-state index in [1.807, 2.05) is 25.1 Å². The van der Waals surface area contributed by atoms with Crippen molar-refractivity contribution in [1.29, 1.82) is 0 Å². The van der Waals surface area contributed by atoms with E-state index in [1.165, 1.54) is 16.5 Å². The third-order valence-electron chi connectivity index (χ3n) is 4.75. The van der Waals surface area contributed by atoms with Crippen LogP contribution in [0.5, 0.6) is 11.5 Å². The van der Waals surface area contributed by atoms with Crippen LogP contribution in [0.4, 0.5) is 0 Å². The molecule has 1 aromatic heterocycles. The first-order valence-electron chi connectivity index (χ1n) is 9.16. The van der Waals surface area contributed by atoms with Gasteiger partial charge in [0.25, 0.3) is 0 Å². The number of hydrogen-bond acceptors (Lipinski definition) is 4. The summed E-state index contributed by atoms with van der Waals surface area (Å²) in [6, 6.07) is 14.4. The summed E-state index contributed by atoms with van der Waals surface area (Å²) in [5, 5.41) is 11.2. The van der Waals surface area contributed by atoms with Gasteiger partial charge in [0.2, 0.25) is 0 Å². The van der Waals surface area contributed by atoms with Gasteiger partial charge < -0.3 is 19.1 Å². The Balaban J connectivity index is 1.86. The van der Waals surface area contributed by atoms with E-state index in [2.05, 4.69) is 47.0 Å². The highest BCUT2D eigenvalue weighted by Crippen LogP contribution is 2.29. The number of fused-ring (bicyclic) bond motifs is 1. The van der Waals surface area contributed by atoms with Gasteiger partial charge in [0.1, 0.15) is 0 Å². The van der Waals surface area contributed by atoms with Gasteiger partial charge in [-0.3, -0.25) is 4.90 Å². The number of methoxy groups -OCH3 is 2. The molecule has 0 radical (unpaired) electrons. The number of aliphatic hydroxyl groups is 1. The van der Waals surface area contributed by atoms with Gasteiger partial charge in [0, 0.05) is 43.8 Å². The Hall–Kier alpha value is -2.50. The minimum Gasteiger partial charge on any atom is -0.493 e. The molecule has 0 saturated heterocycles. The van der Waals surface area contributed by atoms with Crippen molar-refractivity contribution in [3.63, 3.8) is 0 Å². The molecule has 3 aromatic rings. The number of rotatable bonds is 8. The maximum absolute atomic E-state index is 9.99. The van der Waals surface area contributed by atoms with Crippen LogP contribution in [0, 0.1) is 0 Å². The van der Waals surface area contributed by atoms with Gasteiger partial charge in [-0.05, 0) is 36.2 Å². The van der Waals surface area contributed by atoms with E-state index in [9.17, 15) is 5.11 Å². The van der Waals surface area contributed by atoms with Gasteiger partial charge in [0.15, 0.2) is 11.5 Å². The molecule has 3 rings (SSSR count). The molecule has 1 heterocycles. The normalized spacial score (nSPS) is 12.5. The Labute approximate surface area is 160 Å². The van der Waals surface area contributed by atoms with E-state index in [-0.39, 0.29) is 0 Å². The molecule has 27 heavy (non-hydrogen) atoms. The molecule has 0 spiro atoms. The Morgan fingerprint density at radius 2 is 1.78 bits per heavy atom. The topological polar surface area (TPSA) is 46.9 Å².